The van der Waals surface area contributed by atoms with E-state index in [1.165, 1.54) is 6.07 Å². The number of benzene rings is 1. The summed E-state index contributed by atoms with van der Waals surface area (Å²) >= 11 is 0. The minimum atomic E-state index is -0.858. The highest BCUT2D eigenvalue weighted by Gasteiger charge is 2.28. The Morgan fingerprint density at radius 3 is 2.89 bits per heavy atom. The van der Waals surface area contributed by atoms with Crippen LogP contribution in [0.2, 0.25) is 0 Å². The summed E-state index contributed by atoms with van der Waals surface area (Å²) in [6, 6.07) is 8.46. The maximum absolute atomic E-state index is 12.3. The van der Waals surface area contributed by atoms with Crippen molar-refractivity contribution in [2.24, 2.45) is 5.92 Å². The molecule has 1 aromatic carbocycles. The van der Waals surface area contributed by atoms with E-state index in [2.05, 4.69) is 0 Å². The van der Waals surface area contributed by atoms with Gasteiger partial charge in [0.25, 0.3) is 5.91 Å². The van der Waals surface area contributed by atoms with Crippen LogP contribution in [0.4, 0.5) is 0 Å². The Bertz CT molecular complexity index is 548. The van der Waals surface area contributed by atoms with E-state index in [9.17, 15) is 9.59 Å². The number of carboxylic acids is 1. The van der Waals surface area contributed by atoms with E-state index in [4.69, 9.17) is 10.4 Å². The van der Waals surface area contributed by atoms with Gasteiger partial charge in [0, 0.05) is 18.7 Å². The van der Waals surface area contributed by atoms with Crippen molar-refractivity contribution in [3.05, 3.63) is 35.4 Å². The molecule has 1 aliphatic heterocycles. The average molecular weight is 258 g/mol. The minimum absolute atomic E-state index is 0.206. The van der Waals surface area contributed by atoms with E-state index in [1.54, 1.807) is 23.1 Å². The van der Waals surface area contributed by atoms with E-state index in [0.717, 1.165) is 0 Å². The van der Waals surface area contributed by atoms with Crippen LogP contribution in [0.3, 0.4) is 0 Å². The molecular weight excluding hydrogens is 244 g/mol. The summed E-state index contributed by atoms with van der Waals surface area (Å²) < 4.78 is 0. The van der Waals surface area contributed by atoms with Gasteiger partial charge in [0.1, 0.15) is 0 Å². The molecule has 0 spiro atoms. The van der Waals surface area contributed by atoms with Gasteiger partial charge in [-0.05, 0) is 31.0 Å². The molecule has 2 rings (SSSR count). The van der Waals surface area contributed by atoms with Crippen molar-refractivity contribution in [1.29, 1.82) is 5.26 Å². The Balaban J connectivity index is 2.15. The van der Waals surface area contributed by atoms with Crippen LogP contribution < -0.4 is 0 Å². The fourth-order valence-corrected chi connectivity index (χ4v) is 2.27. The molecule has 1 aliphatic rings. The van der Waals surface area contributed by atoms with Crippen molar-refractivity contribution in [3.8, 4) is 6.07 Å². The first-order valence-corrected chi connectivity index (χ1v) is 6.14. The zero-order valence-electron chi connectivity index (χ0n) is 10.4. The van der Waals surface area contributed by atoms with Crippen molar-refractivity contribution in [2.45, 2.75) is 12.8 Å². The van der Waals surface area contributed by atoms with E-state index in [1.807, 2.05) is 6.07 Å². The van der Waals surface area contributed by atoms with Crippen LogP contribution in [0.1, 0.15) is 28.8 Å². The first kappa shape index (κ1) is 13.1. The van der Waals surface area contributed by atoms with E-state index in [0.29, 0.717) is 30.5 Å². The number of carbonyl (C=O) groups excluding carboxylic acids is 1. The molecule has 0 aromatic heterocycles. The Morgan fingerprint density at radius 2 is 2.21 bits per heavy atom. The Hall–Kier alpha value is -2.35. The van der Waals surface area contributed by atoms with Gasteiger partial charge in [0.15, 0.2) is 0 Å². The second-order valence-corrected chi connectivity index (χ2v) is 4.62. The molecule has 1 saturated heterocycles. The highest BCUT2D eigenvalue weighted by Crippen LogP contribution is 2.19. The number of piperidine rings is 1. The zero-order chi connectivity index (χ0) is 13.8. The third kappa shape index (κ3) is 2.91. The molecular formula is C14H14N2O3. The number of amides is 1. The molecule has 1 amide bonds. The summed E-state index contributed by atoms with van der Waals surface area (Å²) in [4.78, 5) is 24.8. The van der Waals surface area contributed by atoms with Gasteiger partial charge in [-0.25, -0.2) is 0 Å². The molecule has 5 nitrogen and oxygen atoms in total. The molecule has 1 fully saturated rings. The first-order valence-electron chi connectivity index (χ1n) is 6.14. The van der Waals surface area contributed by atoms with Crippen molar-refractivity contribution in [2.75, 3.05) is 13.1 Å². The molecule has 0 radical (unpaired) electrons. The Morgan fingerprint density at radius 1 is 1.42 bits per heavy atom. The number of carboxylic acid groups (broad SMARTS) is 1. The van der Waals surface area contributed by atoms with Gasteiger partial charge in [-0.15, -0.1) is 0 Å². The Kier molecular flexibility index (Phi) is 3.81. The molecule has 1 atom stereocenters. The highest BCUT2D eigenvalue weighted by atomic mass is 16.4. The monoisotopic (exact) mass is 258 g/mol. The number of nitriles is 1. The summed E-state index contributed by atoms with van der Waals surface area (Å²) in [5.74, 6) is -1.55. The molecule has 5 heteroatoms. The highest BCUT2D eigenvalue weighted by molar-refractivity contribution is 5.94. The van der Waals surface area contributed by atoms with Crippen molar-refractivity contribution in [1.82, 2.24) is 4.90 Å². The molecule has 0 saturated carbocycles. The van der Waals surface area contributed by atoms with Gasteiger partial charge in [-0.1, -0.05) is 6.07 Å². The van der Waals surface area contributed by atoms with Crippen molar-refractivity contribution in [3.63, 3.8) is 0 Å². The molecule has 98 valence electrons. The van der Waals surface area contributed by atoms with Gasteiger partial charge < -0.3 is 10.0 Å². The van der Waals surface area contributed by atoms with Crippen molar-refractivity contribution >= 4 is 11.9 Å². The van der Waals surface area contributed by atoms with E-state index < -0.39 is 11.9 Å². The van der Waals surface area contributed by atoms with Crippen LogP contribution in [0.5, 0.6) is 0 Å². The summed E-state index contributed by atoms with van der Waals surface area (Å²) in [6.45, 7) is 0.810. The maximum Gasteiger partial charge on any atom is 0.308 e. The second kappa shape index (κ2) is 5.53. The minimum Gasteiger partial charge on any atom is -0.481 e. The topological polar surface area (TPSA) is 81.4 Å². The standard InChI is InChI=1S/C14H14N2O3/c15-8-10-3-1-4-11(7-10)13(17)16-6-2-5-12(9-16)14(18)19/h1,3-4,7,12H,2,5-6,9H2,(H,18,19). The van der Waals surface area contributed by atoms with Crippen LogP contribution in [-0.4, -0.2) is 35.0 Å². The van der Waals surface area contributed by atoms with Crippen LogP contribution in [0.25, 0.3) is 0 Å². The normalized spacial score (nSPS) is 18.7. The quantitative estimate of drug-likeness (QED) is 0.871. The summed E-state index contributed by atoms with van der Waals surface area (Å²) in [5, 5.41) is 17.8. The lowest BCUT2D eigenvalue weighted by Crippen LogP contribution is -2.42. The van der Waals surface area contributed by atoms with Crippen LogP contribution in [0, 0.1) is 17.2 Å². The fourth-order valence-electron chi connectivity index (χ4n) is 2.27. The lowest BCUT2D eigenvalue weighted by molar-refractivity contribution is -0.143. The van der Waals surface area contributed by atoms with Gasteiger partial charge >= 0.3 is 5.97 Å². The number of carbonyl (C=O) groups is 2. The fraction of sp³-hybridized carbons (Fsp3) is 0.357. The number of likely N-dealkylation sites (tertiary alicyclic amines) is 1. The molecule has 1 N–H and O–H groups in total. The van der Waals surface area contributed by atoms with Crippen LogP contribution in [0.15, 0.2) is 24.3 Å². The van der Waals surface area contributed by atoms with Gasteiger partial charge in [0.2, 0.25) is 0 Å². The third-order valence-electron chi connectivity index (χ3n) is 3.30. The van der Waals surface area contributed by atoms with Crippen molar-refractivity contribution < 1.29 is 14.7 Å². The van der Waals surface area contributed by atoms with Crippen LogP contribution in [-0.2, 0) is 4.79 Å². The molecule has 1 unspecified atom stereocenters. The summed E-state index contributed by atoms with van der Waals surface area (Å²) in [6.07, 6.45) is 1.30. The summed E-state index contributed by atoms with van der Waals surface area (Å²) in [5.41, 5.74) is 0.864. The predicted molar refractivity (Wildman–Crippen MR) is 67.4 cm³/mol. The predicted octanol–water partition coefficient (Wildman–Crippen LogP) is 1.50. The Labute approximate surface area is 111 Å². The van der Waals surface area contributed by atoms with Crippen LogP contribution >= 0.6 is 0 Å². The first-order chi connectivity index (χ1) is 9.11. The molecule has 0 aliphatic carbocycles. The number of nitrogens with zero attached hydrogens (tertiary/aromatic N) is 2. The molecule has 1 aromatic rings. The number of hydrogen-bond donors (Lipinski definition) is 1. The smallest absolute Gasteiger partial charge is 0.308 e. The number of hydrogen-bond acceptors (Lipinski definition) is 3. The maximum atomic E-state index is 12.3. The lowest BCUT2D eigenvalue weighted by atomic mass is 9.97. The molecule has 19 heavy (non-hydrogen) atoms. The zero-order valence-corrected chi connectivity index (χ0v) is 10.4. The third-order valence-corrected chi connectivity index (χ3v) is 3.30. The number of rotatable bonds is 2. The molecule has 0 bridgehead atoms. The summed E-state index contributed by atoms with van der Waals surface area (Å²) in [7, 11) is 0. The van der Waals surface area contributed by atoms with Gasteiger partial charge in [-0.3, -0.25) is 9.59 Å². The molecule has 1 heterocycles. The largest absolute Gasteiger partial charge is 0.481 e. The lowest BCUT2D eigenvalue weighted by Gasteiger charge is -2.30. The second-order valence-electron chi connectivity index (χ2n) is 4.62. The van der Waals surface area contributed by atoms with Gasteiger partial charge in [-0.2, -0.15) is 5.26 Å². The number of aliphatic carboxylic acids is 1. The van der Waals surface area contributed by atoms with Gasteiger partial charge in [0.05, 0.1) is 17.6 Å². The SMILES string of the molecule is N#Cc1cccc(C(=O)N2CCCC(C(=O)O)C2)c1. The average Bonchev–Trinajstić information content (AvgIpc) is 2.46. The van der Waals surface area contributed by atoms with E-state index >= 15 is 0 Å². The van der Waals surface area contributed by atoms with E-state index in [-0.39, 0.29) is 12.5 Å².